The van der Waals surface area contributed by atoms with Crippen LogP contribution in [0.25, 0.3) is 84.8 Å². The third-order valence-electron chi connectivity index (χ3n) is 10.6. The maximum absolute atomic E-state index is 2.48. The zero-order chi connectivity index (χ0) is 32.8. The molecule has 10 aromatic carbocycles. The minimum atomic E-state index is 1.15. The van der Waals surface area contributed by atoms with E-state index in [2.05, 4.69) is 181 Å². The second-order valence-electron chi connectivity index (χ2n) is 13.2. The third kappa shape index (κ3) is 3.94. The van der Waals surface area contributed by atoms with Gasteiger partial charge in [0, 0.05) is 32.2 Å². The maximum atomic E-state index is 2.48. The van der Waals surface area contributed by atoms with Crippen LogP contribution < -0.4 is 4.90 Å². The van der Waals surface area contributed by atoms with E-state index in [1.54, 1.807) is 0 Å². The molecule has 0 saturated carbocycles. The summed E-state index contributed by atoms with van der Waals surface area (Å²) < 4.78 is 2.64. The number of rotatable bonds is 3. The fraction of sp³-hybridized carbons (Fsp3) is 0. The van der Waals surface area contributed by atoms with Crippen LogP contribution in [0.15, 0.2) is 176 Å². The molecule has 50 heavy (non-hydrogen) atoms. The quantitative estimate of drug-likeness (QED) is 0.172. The fourth-order valence-electron chi connectivity index (χ4n) is 8.37. The number of hydrogen-bond donors (Lipinski definition) is 0. The Morgan fingerprint density at radius 2 is 0.780 bits per heavy atom. The summed E-state index contributed by atoms with van der Waals surface area (Å²) in [7, 11) is 0. The van der Waals surface area contributed by atoms with E-state index in [1.165, 1.54) is 90.5 Å². The first-order valence-corrected chi connectivity index (χ1v) is 18.0. The SMILES string of the molecule is c1ccc2cc(N(c3ccc4c5ccccc5c5ccccc5c4c3)c3cccc4c3sc3c5ccccc5c5ccccc5c43)ccc2c1. The molecule has 0 spiro atoms. The Kier molecular flexibility index (Phi) is 5.89. The van der Waals surface area contributed by atoms with E-state index < -0.39 is 0 Å². The Balaban J connectivity index is 1.26. The molecule has 2 heteroatoms. The van der Waals surface area contributed by atoms with E-state index in [0.29, 0.717) is 0 Å². The summed E-state index contributed by atoms with van der Waals surface area (Å²) >= 11 is 1.92. The van der Waals surface area contributed by atoms with Gasteiger partial charge in [-0.2, -0.15) is 0 Å². The molecule has 1 aromatic heterocycles. The largest absolute Gasteiger partial charge is 0.309 e. The highest BCUT2D eigenvalue weighted by atomic mass is 32.1. The van der Waals surface area contributed by atoms with Crippen molar-refractivity contribution in [2.45, 2.75) is 0 Å². The van der Waals surface area contributed by atoms with Crippen molar-refractivity contribution in [1.82, 2.24) is 0 Å². The molecular weight excluding hydrogens is 623 g/mol. The highest BCUT2D eigenvalue weighted by Gasteiger charge is 2.21. The van der Waals surface area contributed by atoms with E-state index in [0.717, 1.165) is 11.4 Å². The molecular formula is C48H29NS. The van der Waals surface area contributed by atoms with Gasteiger partial charge in [-0.15, -0.1) is 11.3 Å². The summed E-state index contributed by atoms with van der Waals surface area (Å²) in [6.07, 6.45) is 0. The van der Waals surface area contributed by atoms with Crippen LogP contribution in [0.4, 0.5) is 17.1 Å². The van der Waals surface area contributed by atoms with Crippen molar-refractivity contribution in [2.24, 2.45) is 0 Å². The number of thiophene rings is 1. The Morgan fingerprint density at radius 3 is 1.48 bits per heavy atom. The predicted octanol–water partition coefficient (Wildman–Crippen LogP) is 14.4. The molecule has 11 aromatic rings. The first kappa shape index (κ1) is 27.7. The molecule has 1 heterocycles. The van der Waals surface area contributed by atoms with Gasteiger partial charge in [0.25, 0.3) is 0 Å². The topological polar surface area (TPSA) is 3.24 Å². The predicted molar refractivity (Wildman–Crippen MR) is 219 cm³/mol. The van der Waals surface area contributed by atoms with Gasteiger partial charge in [0.1, 0.15) is 0 Å². The van der Waals surface area contributed by atoms with Gasteiger partial charge in [-0.1, -0.05) is 146 Å². The van der Waals surface area contributed by atoms with Crippen molar-refractivity contribution < 1.29 is 0 Å². The van der Waals surface area contributed by atoms with E-state index in [-0.39, 0.29) is 0 Å². The monoisotopic (exact) mass is 651 g/mol. The van der Waals surface area contributed by atoms with Gasteiger partial charge < -0.3 is 4.90 Å². The lowest BCUT2D eigenvalue weighted by atomic mass is 9.94. The third-order valence-corrected chi connectivity index (χ3v) is 11.8. The van der Waals surface area contributed by atoms with Crippen LogP contribution in [0, 0.1) is 0 Å². The first-order valence-electron chi connectivity index (χ1n) is 17.2. The summed E-state index contributed by atoms with van der Waals surface area (Å²) in [5, 5.41) is 18.0. The molecule has 0 bridgehead atoms. The van der Waals surface area contributed by atoms with Crippen LogP contribution in [-0.4, -0.2) is 0 Å². The molecule has 0 unspecified atom stereocenters. The van der Waals surface area contributed by atoms with Crippen molar-refractivity contribution in [3.05, 3.63) is 176 Å². The van der Waals surface area contributed by atoms with Crippen molar-refractivity contribution >= 4 is 113 Å². The molecule has 0 amide bonds. The summed E-state index contributed by atoms with van der Waals surface area (Å²) in [6, 6.07) is 64.9. The van der Waals surface area contributed by atoms with Crippen molar-refractivity contribution in [2.75, 3.05) is 4.90 Å². The summed E-state index contributed by atoms with van der Waals surface area (Å²) in [5.41, 5.74) is 3.48. The average Bonchev–Trinajstić information content (AvgIpc) is 3.59. The van der Waals surface area contributed by atoms with Crippen LogP contribution in [0.2, 0.25) is 0 Å². The number of anilines is 3. The Labute approximate surface area is 292 Å². The van der Waals surface area contributed by atoms with Crippen LogP contribution in [0.1, 0.15) is 0 Å². The van der Waals surface area contributed by atoms with Gasteiger partial charge >= 0.3 is 0 Å². The van der Waals surface area contributed by atoms with Crippen molar-refractivity contribution in [1.29, 1.82) is 0 Å². The molecule has 11 rings (SSSR count). The van der Waals surface area contributed by atoms with Crippen LogP contribution >= 0.6 is 11.3 Å². The minimum absolute atomic E-state index is 1.15. The van der Waals surface area contributed by atoms with Gasteiger partial charge in [-0.25, -0.2) is 0 Å². The smallest absolute Gasteiger partial charge is 0.0640 e. The highest BCUT2D eigenvalue weighted by Crippen LogP contribution is 2.50. The summed E-state index contributed by atoms with van der Waals surface area (Å²) in [6.45, 7) is 0. The van der Waals surface area contributed by atoms with E-state index >= 15 is 0 Å². The van der Waals surface area contributed by atoms with Gasteiger partial charge in [0.15, 0.2) is 0 Å². The lowest BCUT2D eigenvalue weighted by molar-refractivity contribution is 1.31. The Bertz CT molecular complexity index is 3130. The fourth-order valence-corrected chi connectivity index (χ4v) is 9.73. The highest BCUT2D eigenvalue weighted by molar-refractivity contribution is 7.27. The van der Waals surface area contributed by atoms with Gasteiger partial charge in [-0.05, 0) is 89.6 Å². The standard InChI is InChI=1S/C48H29NS/c1-2-13-31-28-32(25-24-30(31)12-1)49(33-26-27-40-36-16-4-3-14-34(36)35-15-5-6-19-39(35)44(40)29-33)45-23-11-22-43-46-41-20-9-7-17-37(41)38-18-8-10-21-42(38)48(46)50-47(43)45/h1-29H. The molecule has 0 aliphatic carbocycles. The molecule has 0 atom stereocenters. The lowest BCUT2D eigenvalue weighted by Gasteiger charge is -2.27. The van der Waals surface area contributed by atoms with Crippen LogP contribution in [0.3, 0.4) is 0 Å². The summed E-state index contributed by atoms with van der Waals surface area (Å²) in [4.78, 5) is 2.48. The second-order valence-corrected chi connectivity index (χ2v) is 14.3. The first-order chi connectivity index (χ1) is 24.8. The Morgan fingerprint density at radius 1 is 0.300 bits per heavy atom. The number of fused-ring (bicyclic) bond motifs is 15. The number of hydrogen-bond acceptors (Lipinski definition) is 2. The molecule has 0 N–H and O–H groups in total. The van der Waals surface area contributed by atoms with E-state index in [4.69, 9.17) is 0 Å². The molecule has 0 aliphatic heterocycles. The van der Waals surface area contributed by atoms with Gasteiger partial charge in [0.05, 0.1) is 10.4 Å². The normalized spacial score (nSPS) is 12.0. The van der Waals surface area contributed by atoms with Crippen molar-refractivity contribution in [3.8, 4) is 0 Å². The zero-order valence-corrected chi connectivity index (χ0v) is 27.9. The molecule has 0 saturated heterocycles. The van der Waals surface area contributed by atoms with E-state index in [9.17, 15) is 0 Å². The Hall–Kier alpha value is -6.22. The molecule has 1 nitrogen and oxygen atoms in total. The average molecular weight is 652 g/mol. The maximum Gasteiger partial charge on any atom is 0.0640 e. The van der Waals surface area contributed by atoms with Crippen molar-refractivity contribution in [3.63, 3.8) is 0 Å². The minimum Gasteiger partial charge on any atom is -0.309 e. The summed E-state index contributed by atoms with van der Waals surface area (Å²) in [5.74, 6) is 0. The number of nitrogens with zero attached hydrogens (tertiary/aromatic N) is 1. The van der Waals surface area contributed by atoms with Gasteiger partial charge in [0.2, 0.25) is 0 Å². The number of benzene rings is 10. The molecule has 0 aliphatic rings. The molecule has 0 radical (unpaired) electrons. The lowest BCUT2D eigenvalue weighted by Crippen LogP contribution is -2.10. The zero-order valence-electron chi connectivity index (χ0n) is 27.1. The molecule has 0 fully saturated rings. The van der Waals surface area contributed by atoms with Crippen LogP contribution in [0.5, 0.6) is 0 Å². The second kappa shape index (κ2) is 10.6. The van der Waals surface area contributed by atoms with E-state index in [1.807, 2.05) is 11.3 Å². The molecule has 232 valence electrons. The van der Waals surface area contributed by atoms with Crippen LogP contribution in [-0.2, 0) is 0 Å². The van der Waals surface area contributed by atoms with Gasteiger partial charge in [-0.3, -0.25) is 0 Å².